The number of benzene rings is 2. The van der Waals surface area contributed by atoms with E-state index >= 15 is 0 Å². The van der Waals surface area contributed by atoms with Gasteiger partial charge in [-0.1, -0.05) is 41.1 Å². The monoisotopic (exact) mass is 456 g/mol. The van der Waals surface area contributed by atoms with Gasteiger partial charge in [-0.25, -0.2) is 4.68 Å². The molecule has 2 aromatic carbocycles. The minimum absolute atomic E-state index is 0.0867. The van der Waals surface area contributed by atoms with E-state index < -0.39 is 11.7 Å². The summed E-state index contributed by atoms with van der Waals surface area (Å²) < 4.78 is 40.5. The van der Waals surface area contributed by atoms with Crippen molar-refractivity contribution in [2.45, 2.75) is 19.6 Å². The molecule has 0 aliphatic rings. The van der Waals surface area contributed by atoms with Crippen LogP contribution < -0.4 is 0 Å². The number of carbonyl (C=O) groups is 1. The van der Waals surface area contributed by atoms with Crippen molar-refractivity contribution >= 4 is 17.4 Å². The lowest BCUT2D eigenvalue weighted by Crippen LogP contribution is -2.08. The molecule has 32 heavy (non-hydrogen) atoms. The summed E-state index contributed by atoms with van der Waals surface area (Å²) in [5, 5.41) is 8.55. The van der Waals surface area contributed by atoms with Crippen LogP contribution >= 0.6 is 11.6 Å². The van der Waals surface area contributed by atoms with Crippen LogP contribution in [0.4, 0.5) is 13.2 Å². The van der Waals surface area contributed by atoms with Gasteiger partial charge in [0.25, 0.3) is 0 Å². The molecule has 0 saturated heterocycles. The summed E-state index contributed by atoms with van der Waals surface area (Å²) in [4.78, 5) is 17.4. The van der Waals surface area contributed by atoms with Crippen LogP contribution in [0.25, 0.3) is 11.4 Å². The molecule has 0 atom stereocenters. The molecule has 5 nitrogen and oxygen atoms in total. The number of hydrogen-bond donors (Lipinski definition) is 0. The number of alkyl halides is 3. The SMILES string of the molecule is Cc1c(-c2ncccc2C(=O)c2ccccc2Cl)nnn1Cc1cccc(C(F)(F)F)c1. The summed E-state index contributed by atoms with van der Waals surface area (Å²) >= 11 is 6.18. The molecular weight excluding hydrogens is 441 g/mol. The van der Waals surface area contributed by atoms with Crippen LogP contribution in [0.5, 0.6) is 0 Å². The first-order chi connectivity index (χ1) is 15.3. The van der Waals surface area contributed by atoms with Crippen LogP contribution in [-0.2, 0) is 12.7 Å². The van der Waals surface area contributed by atoms with Crippen molar-refractivity contribution < 1.29 is 18.0 Å². The van der Waals surface area contributed by atoms with Crippen molar-refractivity contribution in [1.29, 1.82) is 0 Å². The number of rotatable bonds is 5. The second-order valence-electron chi connectivity index (χ2n) is 7.09. The molecular formula is C23H16ClF3N4O. The van der Waals surface area contributed by atoms with Crippen molar-refractivity contribution in [3.05, 3.63) is 99.8 Å². The molecule has 4 rings (SSSR count). The Hall–Kier alpha value is -3.52. The maximum Gasteiger partial charge on any atom is 0.416 e. The molecule has 0 fully saturated rings. The smallest absolute Gasteiger partial charge is 0.288 e. The van der Waals surface area contributed by atoms with E-state index in [1.165, 1.54) is 16.9 Å². The number of halogens is 4. The topological polar surface area (TPSA) is 60.7 Å². The second kappa shape index (κ2) is 8.55. The summed E-state index contributed by atoms with van der Waals surface area (Å²) in [6.07, 6.45) is -2.90. The Labute approximate surface area is 186 Å². The zero-order valence-corrected chi connectivity index (χ0v) is 17.5. The molecule has 9 heteroatoms. The average molecular weight is 457 g/mol. The highest BCUT2D eigenvalue weighted by molar-refractivity contribution is 6.35. The minimum Gasteiger partial charge on any atom is -0.288 e. The third-order valence-corrected chi connectivity index (χ3v) is 5.29. The Morgan fingerprint density at radius 2 is 1.75 bits per heavy atom. The predicted molar refractivity (Wildman–Crippen MR) is 113 cm³/mol. The average Bonchev–Trinajstić information content (AvgIpc) is 3.13. The molecule has 2 heterocycles. The molecule has 0 aliphatic heterocycles. The van der Waals surface area contributed by atoms with Crippen LogP contribution in [0.2, 0.25) is 5.02 Å². The van der Waals surface area contributed by atoms with Crippen molar-refractivity contribution in [3.8, 4) is 11.4 Å². The van der Waals surface area contributed by atoms with E-state index in [9.17, 15) is 18.0 Å². The van der Waals surface area contributed by atoms with E-state index in [4.69, 9.17) is 11.6 Å². The molecule has 0 unspecified atom stereocenters. The quantitative estimate of drug-likeness (QED) is 0.367. The number of nitrogens with zero attached hydrogens (tertiary/aromatic N) is 4. The van der Waals surface area contributed by atoms with Crippen molar-refractivity contribution in [2.75, 3.05) is 0 Å². The third-order valence-electron chi connectivity index (χ3n) is 4.96. The zero-order chi connectivity index (χ0) is 22.9. The fourth-order valence-electron chi connectivity index (χ4n) is 3.32. The Balaban J connectivity index is 1.69. The number of ketones is 1. The maximum atomic E-state index is 13.1. The first kappa shape index (κ1) is 21.7. The van der Waals surface area contributed by atoms with Gasteiger partial charge in [-0.3, -0.25) is 9.78 Å². The first-order valence-electron chi connectivity index (χ1n) is 9.56. The van der Waals surface area contributed by atoms with Gasteiger partial charge in [-0.2, -0.15) is 13.2 Å². The molecule has 0 spiro atoms. The summed E-state index contributed by atoms with van der Waals surface area (Å²) in [6, 6.07) is 15.0. The van der Waals surface area contributed by atoms with Crippen LogP contribution in [0, 0.1) is 6.92 Å². The number of hydrogen-bond acceptors (Lipinski definition) is 4. The molecule has 162 valence electrons. The van der Waals surface area contributed by atoms with Crippen LogP contribution in [0.3, 0.4) is 0 Å². The van der Waals surface area contributed by atoms with E-state index in [-0.39, 0.29) is 12.3 Å². The molecule has 0 bridgehead atoms. The molecule has 0 amide bonds. The predicted octanol–water partition coefficient (Wildman–Crippen LogP) is 5.60. The molecule has 0 N–H and O–H groups in total. The van der Waals surface area contributed by atoms with Crippen molar-refractivity contribution in [3.63, 3.8) is 0 Å². The van der Waals surface area contributed by atoms with Crippen LogP contribution in [0.1, 0.15) is 32.7 Å². The standard InChI is InChI=1S/C23H16ClF3N4O/c1-14-20(29-30-31(14)13-15-6-4-7-16(12-15)23(25,26)27)21-18(9-5-11-28-21)22(32)17-8-2-3-10-19(17)24/h2-12H,13H2,1H3. The normalized spacial score (nSPS) is 11.5. The van der Waals surface area contributed by atoms with E-state index in [1.54, 1.807) is 49.4 Å². The highest BCUT2D eigenvalue weighted by Gasteiger charge is 2.30. The van der Waals surface area contributed by atoms with E-state index in [2.05, 4.69) is 15.3 Å². The van der Waals surface area contributed by atoms with E-state index in [1.807, 2.05) is 0 Å². The van der Waals surface area contributed by atoms with Gasteiger partial charge in [0.15, 0.2) is 5.78 Å². The summed E-state index contributed by atoms with van der Waals surface area (Å²) in [6.45, 7) is 1.81. The van der Waals surface area contributed by atoms with Gasteiger partial charge >= 0.3 is 6.18 Å². The fourth-order valence-corrected chi connectivity index (χ4v) is 3.54. The van der Waals surface area contributed by atoms with E-state index in [0.29, 0.717) is 38.8 Å². The summed E-state index contributed by atoms with van der Waals surface area (Å²) in [5.41, 5.74) is 1.58. The van der Waals surface area contributed by atoms with Gasteiger partial charge in [0.2, 0.25) is 0 Å². The molecule has 2 aromatic heterocycles. The van der Waals surface area contributed by atoms with Gasteiger partial charge in [-0.05, 0) is 48.9 Å². The highest BCUT2D eigenvalue weighted by Crippen LogP contribution is 2.30. The maximum absolute atomic E-state index is 13.1. The molecule has 0 saturated carbocycles. The first-order valence-corrected chi connectivity index (χ1v) is 9.94. The Kier molecular flexibility index (Phi) is 5.80. The molecule has 0 aliphatic carbocycles. The van der Waals surface area contributed by atoms with E-state index in [0.717, 1.165) is 12.1 Å². The van der Waals surface area contributed by atoms with Crippen LogP contribution in [-0.4, -0.2) is 25.8 Å². The Bertz CT molecular complexity index is 1300. The van der Waals surface area contributed by atoms with Crippen molar-refractivity contribution in [1.82, 2.24) is 20.0 Å². The van der Waals surface area contributed by atoms with Gasteiger partial charge in [-0.15, -0.1) is 5.10 Å². The lowest BCUT2D eigenvalue weighted by atomic mass is 10.00. The molecule has 4 aromatic rings. The van der Waals surface area contributed by atoms with Crippen LogP contribution in [0.15, 0.2) is 66.9 Å². The number of carbonyl (C=O) groups excluding carboxylic acids is 1. The summed E-state index contributed by atoms with van der Waals surface area (Å²) in [7, 11) is 0. The number of pyridine rings is 1. The highest BCUT2D eigenvalue weighted by atomic mass is 35.5. The van der Waals surface area contributed by atoms with Gasteiger partial charge in [0.1, 0.15) is 11.4 Å². The van der Waals surface area contributed by atoms with Gasteiger partial charge in [0.05, 0.1) is 28.4 Å². The van der Waals surface area contributed by atoms with Crippen molar-refractivity contribution in [2.24, 2.45) is 0 Å². The minimum atomic E-state index is -4.43. The zero-order valence-electron chi connectivity index (χ0n) is 16.8. The lowest BCUT2D eigenvalue weighted by Gasteiger charge is -2.10. The summed E-state index contributed by atoms with van der Waals surface area (Å²) in [5.74, 6) is -0.314. The lowest BCUT2D eigenvalue weighted by molar-refractivity contribution is -0.137. The Morgan fingerprint density at radius 1 is 1.00 bits per heavy atom. The number of aromatic nitrogens is 4. The third kappa shape index (κ3) is 4.27. The second-order valence-corrected chi connectivity index (χ2v) is 7.49. The van der Waals surface area contributed by atoms with Gasteiger partial charge < -0.3 is 0 Å². The Morgan fingerprint density at radius 3 is 2.50 bits per heavy atom. The fraction of sp³-hybridized carbons (Fsp3) is 0.130. The van der Waals surface area contributed by atoms with Gasteiger partial charge in [0, 0.05) is 11.8 Å². The largest absolute Gasteiger partial charge is 0.416 e. The molecule has 0 radical (unpaired) electrons.